The largest absolute Gasteiger partial charge is 0.497 e. The zero-order chi connectivity index (χ0) is 22.7. The molecule has 1 atom stereocenters. The molecule has 4 nitrogen and oxygen atoms in total. The number of nitrogens with two attached hydrogens (primary N) is 1. The number of halogens is 2. The summed E-state index contributed by atoms with van der Waals surface area (Å²) in [6.45, 7) is 0.723. The molecule has 3 aromatic rings. The maximum Gasteiger partial charge on any atom is 0.174 e. The lowest BCUT2D eigenvalue weighted by atomic mass is 9.91. The molecule has 0 amide bonds. The third-order valence-corrected chi connectivity index (χ3v) is 6.28. The van der Waals surface area contributed by atoms with Gasteiger partial charge in [-0.2, -0.15) is 0 Å². The molecule has 0 spiro atoms. The molecular weight excluding hydrogens is 461 g/mol. The average Bonchev–Trinajstić information content (AvgIpc) is 2.80. The third kappa shape index (κ3) is 5.01. The molecule has 0 fully saturated rings. The number of anilines is 2. The van der Waals surface area contributed by atoms with Gasteiger partial charge in [0.2, 0.25) is 0 Å². The number of thiocarbonyl (C=S) groups is 1. The molecule has 1 heterocycles. The van der Waals surface area contributed by atoms with E-state index in [1.54, 1.807) is 13.2 Å². The summed E-state index contributed by atoms with van der Waals surface area (Å²) in [7, 11) is 1.66. The Hall–Kier alpha value is -2.73. The number of benzene rings is 3. The summed E-state index contributed by atoms with van der Waals surface area (Å²) in [5.41, 5.74) is 11.0. The van der Waals surface area contributed by atoms with Crippen LogP contribution in [0.15, 0.2) is 72.8 Å². The number of rotatable bonds is 4. The van der Waals surface area contributed by atoms with Crippen LogP contribution in [-0.2, 0) is 0 Å². The maximum absolute atomic E-state index is 6.27. The van der Waals surface area contributed by atoms with E-state index in [0.29, 0.717) is 20.8 Å². The fraction of sp³-hybridized carbons (Fsp3) is 0.160. The van der Waals surface area contributed by atoms with Crippen LogP contribution in [0.25, 0.3) is 5.57 Å². The Kier molecular flexibility index (Phi) is 6.89. The van der Waals surface area contributed by atoms with Crippen molar-refractivity contribution in [1.82, 2.24) is 4.90 Å². The van der Waals surface area contributed by atoms with Crippen molar-refractivity contribution in [2.75, 3.05) is 24.7 Å². The second-order valence-corrected chi connectivity index (χ2v) is 8.78. The average molecular weight is 484 g/mol. The number of nitrogens with zero attached hydrogens (tertiary/aromatic N) is 1. The molecule has 3 aromatic carbocycles. The lowest BCUT2D eigenvalue weighted by Crippen LogP contribution is -2.40. The van der Waals surface area contributed by atoms with E-state index in [1.807, 2.05) is 48.5 Å². The first kappa shape index (κ1) is 22.5. The van der Waals surface area contributed by atoms with Crippen LogP contribution >= 0.6 is 35.4 Å². The van der Waals surface area contributed by atoms with Crippen LogP contribution in [0.5, 0.6) is 5.75 Å². The van der Waals surface area contributed by atoms with Crippen LogP contribution in [-0.4, -0.2) is 23.7 Å². The van der Waals surface area contributed by atoms with Gasteiger partial charge in [-0.25, -0.2) is 0 Å². The number of hydrogen-bond donors (Lipinski definition) is 2. The Morgan fingerprint density at radius 3 is 2.53 bits per heavy atom. The van der Waals surface area contributed by atoms with Gasteiger partial charge in [-0.1, -0.05) is 47.5 Å². The predicted octanol–water partition coefficient (Wildman–Crippen LogP) is 6.81. The highest BCUT2D eigenvalue weighted by Crippen LogP contribution is 2.37. The Morgan fingerprint density at radius 1 is 1.06 bits per heavy atom. The lowest BCUT2D eigenvalue weighted by molar-refractivity contribution is 0.365. The van der Waals surface area contributed by atoms with Crippen molar-refractivity contribution in [3.63, 3.8) is 0 Å². The monoisotopic (exact) mass is 483 g/mol. The van der Waals surface area contributed by atoms with Crippen LogP contribution in [0.3, 0.4) is 0 Å². The summed E-state index contributed by atoms with van der Waals surface area (Å²) >= 11 is 18.2. The van der Waals surface area contributed by atoms with Gasteiger partial charge in [-0.3, -0.25) is 0 Å². The highest BCUT2D eigenvalue weighted by atomic mass is 35.5. The van der Waals surface area contributed by atoms with Crippen molar-refractivity contribution in [2.45, 2.75) is 12.5 Å². The molecule has 1 aliphatic rings. The van der Waals surface area contributed by atoms with E-state index in [0.717, 1.165) is 41.1 Å². The van der Waals surface area contributed by atoms with Crippen molar-refractivity contribution in [1.29, 1.82) is 0 Å². The van der Waals surface area contributed by atoms with Gasteiger partial charge in [-0.15, -0.1) is 0 Å². The minimum absolute atomic E-state index is 0.0813. The smallest absolute Gasteiger partial charge is 0.174 e. The zero-order valence-corrected chi connectivity index (χ0v) is 19.8. The molecular formula is C25H23Cl2N3OS. The summed E-state index contributed by atoms with van der Waals surface area (Å²) in [6.07, 6.45) is 2.99. The second kappa shape index (κ2) is 9.82. The molecule has 1 unspecified atom stereocenters. The Balaban J connectivity index is 1.70. The van der Waals surface area contributed by atoms with Crippen molar-refractivity contribution >= 4 is 57.5 Å². The number of hydrogen-bond acceptors (Lipinski definition) is 3. The molecule has 0 saturated heterocycles. The number of ether oxygens (including phenoxy) is 1. The zero-order valence-electron chi connectivity index (χ0n) is 17.5. The molecule has 4 rings (SSSR count). The molecule has 7 heteroatoms. The van der Waals surface area contributed by atoms with E-state index < -0.39 is 0 Å². The van der Waals surface area contributed by atoms with E-state index in [2.05, 4.69) is 28.4 Å². The van der Waals surface area contributed by atoms with Crippen LogP contribution in [0.4, 0.5) is 11.4 Å². The Bertz CT molecular complexity index is 1160. The molecule has 0 radical (unpaired) electrons. The Morgan fingerprint density at radius 2 is 1.81 bits per heavy atom. The topological polar surface area (TPSA) is 50.5 Å². The summed E-state index contributed by atoms with van der Waals surface area (Å²) in [5.74, 6) is 0.805. The first-order chi connectivity index (χ1) is 15.4. The van der Waals surface area contributed by atoms with Gasteiger partial charge < -0.3 is 20.7 Å². The normalized spacial score (nSPS) is 15.8. The molecule has 1 aliphatic heterocycles. The van der Waals surface area contributed by atoms with Crippen molar-refractivity contribution < 1.29 is 4.74 Å². The van der Waals surface area contributed by atoms with E-state index in [-0.39, 0.29) is 6.04 Å². The van der Waals surface area contributed by atoms with E-state index >= 15 is 0 Å². The minimum Gasteiger partial charge on any atom is -0.497 e. The lowest BCUT2D eigenvalue weighted by Gasteiger charge is -2.37. The number of nitrogens with one attached hydrogen (secondary N) is 1. The van der Waals surface area contributed by atoms with E-state index in [4.69, 9.17) is 45.9 Å². The van der Waals surface area contributed by atoms with Gasteiger partial charge >= 0.3 is 0 Å². The molecule has 0 saturated carbocycles. The maximum atomic E-state index is 6.27. The standard InChI is InChI=1S/C25H23Cl2N3OS/c1-31-21-8-5-16(6-9-21)24-13-17(22-15-19(27)7-10-23(22)28)11-12-30(24)25(32)29-20-4-2-3-18(26)14-20/h2-10,13-15,24H,11-12,28H2,1H3,(H,29,32). The molecule has 0 aliphatic carbocycles. The first-order valence-corrected chi connectivity index (χ1v) is 11.3. The van der Waals surface area contributed by atoms with Crippen LogP contribution in [0.2, 0.25) is 10.0 Å². The minimum atomic E-state index is -0.0813. The quantitative estimate of drug-likeness (QED) is 0.315. The Labute approximate surface area is 203 Å². The molecule has 32 heavy (non-hydrogen) atoms. The van der Waals surface area contributed by atoms with E-state index in [9.17, 15) is 0 Å². The van der Waals surface area contributed by atoms with Gasteiger partial charge in [0, 0.05) is 33.5 Å². The van der Waals surface area contributed by atoms with Gasteiger partial charge in [-0.05, 0) is 78.3 Å². The fourth-order valence-electron chi connectivity index (χ4n) is 3.84. The SMILES string of the molecule is COc1ccc(C2C=C(c3cc(Cl)ccc3N)CCN2C(=S)Nc2cccc(Cl)c2)cc1. The third-order valence-electron chi connectivity index (χ3n) is 5.47. The van der Waals surface area contributed by atoms with Crippen molar-refractivity contribution in [3.05, 3.63) is 94.0 Å². The van der Waals surface area contributed by atoms with Crippen LogP contribution < -0.4 is 15.8 Å². The van der Waals surface area contributed by atoms with Gasteiger partial charge in [0.1, 0.15) is 5.75 Å². The summed E-state index contributed by atoms with van der Waals surface area (Å²) in [5, 5.41) is 5.27. The molecule has 164 valence electrons. The summed E-state index contributed by atoms with van der Waals surface area (Å²) < 4.78 is 5.33. The highest BCUT2D eigenvalue weighted by molar-refractivity contribution is 7.80. The predicted molar refractivity (Wildman–Crippen MR) is 139 cm³/mol. The number of methoxy groups -OCH3 is 1. The van der Waals surface area contributed by atoms with Gasteiger partial charge in [0.15, 0.2) is 5.11 Å². The van der Waals surface area contributed by atoms with Crippen molar-refractivity contribution in [3.8, 4) is 5.75 Å². The first-order valence-electron chi connectivity index (χ1n) is 10.2. The van der Waals surface area contributed by atoms with E-state index in [1.165, 1.54) is 0 Å². The molecule has 0 aromatic heterocycles. The van der Waals surface area contributed by atoms with Crippen LogP contribution in [0.1, 0.15) is 23.6 Å². The second-order valence-electron chi connectivity index (χ2n) is 7.53. The number of nitrogen functional groups attached to an aromatic ring is 1. The fourth-order valence-corrected chi connectivity index (χ4v) is 4.53. The molecule has 0 bridgehead atoms. The van der Waals surface area contributed by atoms with Crippen LogP contribution in [0, 0.1) is 0 Å². The molecule has 3 N–H and O–H groups in total. The van der Waals surface area contributed by atoms with Gasteiger partial charge in [0.25, 0.3) is 0 Å². The summed E-state index contributed by atoms with van der Waals surface area (Å²) in [6, 6.07) is 21.0. The van der Waals surface area contributed by atoms with Crippen molar-refractivity contribution in [2.24, 2.45) is 0 Å². The highest BCUT2D eigenvalue weighted by Gasteiger charge is 2.27. The van der Waals surface area contributed by atoms with Gasteiger partial charge in [0.05, 0.1) is 13.2 Å². The summed E-state index contributed by atoms with van der Waals surface area (Å²) in [4.78, 5) is 2.17.